The van der Waals surface area contributed by atoms with Crippen molar-refractivity contribution >= 4 is 17.4 Å². The molecular formula is C16H28ClN3. The summed E-state index contributed by atoms with van der Waals surface area (Å²) in [5.74, 6) is 2.50. The van der Waals surface area contributed by atoms with Gasteiger partial charge >= 0.3 is 0 Å². The number of halogens is 1. The van der Waals surface area contributed by atoms with Crippen LogP contribution in [0.2, 0.25) is 5.15 Å². The van der Waals surface area contributed by atoms with Gasteiger partial charge in [0.05, 0.1) is 0 Å². The fraction of sp³-hybridized carbons (Fsp3) is 0.750. The van der Waals surface area contributed by atoms with Crippen LogP contribution in [0.15, 0.2) is 0 Å². The fourth-order valence-corrected chi connectivity index (χ4v) is 2.33. The molecule has 114 valence electrons. The van der Waals surface area contributed by atoms with Crippen molar-refractivity contribution in [1.82, 2.24) is 9.97 Å². The highest BCUT2D eigenvalue weighted by atomic mass is 35.5. The van der Waals surface area contributed by atoms with E-state index < -0.39 is 0 Å². The maximum atomic E-state index is 6.19. The van der Waals surface area contributed by atoms with Gasteiger partial charge in [0, 0.05) is 18.0 Å². The molecule has 1 heterocycles. The van der Waals surface area contributed by atoms with Gasteiger partial charge in [0.2, 0.25) is 0 Å². The Balaban J connectivity index is 2.65. The van der Waals surface area contributed by atoms with E-state index in [1.54, 1.807) is 0 Å². The zero-order chi connectivity index (χ0) is 15.1. The highest BCUT2D eigenvalue weighted by molar-refractivity contribution is 6.30. The van der Waals surface area contributed by atoms with E-state index in [0.29, 0.717) is 11.2 Å². The van der Waals surface area contributed by atoms with Crippen LogP contribution < -0.4 is 5.32 Å². The predicted molar refractivity (Wildman–Crippen MR) is 87.5 cm³/mol. The normalized spacial score (nSPS) is 12.8. The first-order valence-corrected chi connectivity index (χ1v) is 8.11. The van der Waals surface area contributed by atoms with Gasteiger partial charge in [0.1, 0.15) is 16.8 Å². The van der Waals surface area contributed by atoms with Crippen molar-refractivity contribution < 1.29 is 0 Å². The van der Waals surface area contributed by atoms with Crippen molar-refractivity contribution in [1.29, 1.82) is 0 Å². The Labute approximate surface area is 128 Å². The third-order valence-electron chi connectivity index (χ3n) is 3.41. The molecule has 3 nitrogen and oxygen atoms in total. The molecular weight excluding hydrogens is 270 g/mol. The SMILES string of the molecule is CCCc1nc(Cl)c(C)c(NC(C)CCCC(C)C)n1. The lowest BCUT2D eigenvalue weighted by Gasteiger charge is -2.17. The van der Waals surface area contributed by atoms with Gasteiger partial charge < -0.3 is 5.32 Å². The van der Waals surface area contributed by atoms with Gasteiger partial charge in [-0.1, -0.05) is 45.2 Å². The Morgan fingerprint density at radius 1 is 1.15 bits per heavy atom. The summed E-state index contributed by atoms with van der Waals surface area (Å²) in [5, 5.41) is 4.06. The third kappa shape index (κ3) is 5.66. The summed E-state index contributed by atoms with van der Waals surface area (Å²) in [6.07, 6.45) is 5.57. The summed E-state index contributed by atoms with van der Waals surface area (Å²) in [6.45, 7) is 10.8. The lowest BCUT2D eigenvalue weighted by Crippen LogP contribution is -2.18. The van der Waals surface area contributed by atoms with E-state index in [0.717, 1.165) is 42.4 Å². The highest BCUT2D eigenvalue weighted by Gasteiger charge is 2.11. The first-order chi connectivity index (χ1) is 9.43. The van der Waals surface area contributed by atoms with Crippen LogP contribution in [-0.4, -0.2) is 16.0 Å². The number of nitrogens with zero attached hydrogens (tertiary/aromatic N) is 2. The molecule has 1 aromatic heterocycles. The van der Waals surface area contributed by atoms with E-state index in [9.17, 15) is 0 Å². The van der Waals surface area contributed by atoms with Crippen LogP contribution in [0.1, 0.15) is 64.8 Å². The Hall–Kier alpha value is -0.830. The predicted octanol–water partition coefficient (Wildman–Crippen LogP) is 5.02. The van der Waals surface area contributed by atoms with Crippen LogP contribution in [0.3, 0.4) is 0 Å². The Bertz CT molecular complexity index is 418. The molecule has 1 N–H and O–H groups in total. The lowest BCUT2D eigenvalue weighted by atomic mass is 10.0. The maximum Gasteiger partial charge on any atom is 0.137 e. The monoisotopic (exact) mass is 297 g/mol. The van der Waals surface area contributed by atoms with Gasteiger partial charge in [0.25, 0.3) is 0 Å². The topological polar surface area (TPSA) is 37.8 Å². The minimum Gasteiger partial charge on any atom is -0.367 e. The summed E-state index contributed by atoms with van der Waals surface area (Å²) in [5.41, 5.74) is 0.947. The van der Waals surface area contributed by atoms with Gasteiger partial charge in [-0.25, -0.2) is 9.97 Å². The van der Waals surface area contributed by atoms with Crippen molar-refractivity contribution in [3.63, 3.8) is 0 Å². The summed E-state index contributed by atoms with van der Waals surface area (Å²) < 4.78 is 0. The highest BCUT2D eigenvalue weighted by Crippen LogP contribution is 2.22. The lowest BCUT2D eigenvalue weighted by molar-refractivity contribution is 0.519. The van der Waals surface area contributed by atoms with E-state index in [-0.39, 0.29) is 0 Å². The number of hydrogen-bond acceptors (Lipinski definition) is 3. The van der Waals surface area contributed by atoms with E-state index in [1.807, 2.05) is 6.92 Å². The Kier molecular flexibility index (Phi) is 7.28. The fourth-order valence-electron chi connectivity index (χ4n) is 2.15. The third-order valence-corrected chi connectivity index (χ3v) is 3.78. The number of aryl methyl sites for hydroxylation is 1. The number of hydrogen-bond donors (Lipinski definition) is 1. The standard InChI is InChI=1S/C16H28ClN3/c1-6-8-14-19-15(17)13(5)16(20-14)18-12(4)10-7-9-11(2)3/h11-12H,6-10H2,1-5H3,(H,18,19,20). The number of rotatable bonds is 8. The van der Waals surface area contributed by atoms with Crippen LogP contribution in [0.25, 0.3) is 0 Å². The van der Waals surface area contributed by atoms with Crippen LogP contribution in [-0.2, 0) is 6.42 Å². The number of nitrogens with one attached hydrogen (secondary N) is 1. The second kappa shape index (κ2) is 8.46. The van der Waals surface area contributed by atoms with Crippen molar-refractivity contribution in [2.24, 2.45) is 5.92 Å². The molecule has 1 rings (SSSR count). The number of anilines is 1. The minimum atomic E-state index is 0.410. The van der Waals surface area contributed by atoms with Crippen LogP contribution in [0, 0.1) is 12.8 Å². The van der Waals surface area contributed by atoms with Crippen molar-refractivity contribution in [2.75, 3.05) is 5.32 Å². The van der Waals surface area contributed by atoms with Gasteiger partial charge in [-0.3, -0.25) is 0 Å². The minimum absolute atomic E-state index is 0.410. The van der Waals surface area contributed by atoms with E-state index in [1.165, 1.54) is 12.8 Å². The smallest absolute Gasteiger partial charge is 0.137 e. The van der Waals surface area contributed by atoms with Gasteiger partial charge in [-0.05, 0) is 32.6 Å². The zero-order valence-electron chi connectivity index (χ0n) is 13.5. The molecule has 0 saturated heterocycles. The van der Waals surface area contributed by atoms with Crippen LogP contribution in [0.4, 0.5) is 5.82 Å². The van der Waals surface area contributed by atoms with Gasteiger partial charge in [-0.15, -0.1) is 0 Å². The molecule has 1 atom stereocenters. The first-order valence-electron chi connectivity index (χ1n) is 7.73. The number of aromatic nitrogens is 2. The second-order valence-corrected chi connectivity index (χ2v) is 6.38. The largest absolute Gasteiger partial charge is 0.367 e. The van der Waals surface area contributed by atoms with Crippen LogP contribution in [0.5, 0.6) is 0 Å². The summed E-state index contributed by atoms with van der Waals surface area (Å²) in [6, 6.07) is 0.410. The molecule has 0 amide bonds. The molecule has 0 bridgehead atoms. The quantitative estimate of drug-likeness (QED) is 0.685. The van der Waals surface area contributed by atoms with E-state index in [2.05, 4.69) is 43.0 Å². The molecule has 1 aromatic rings. The molecule has 0 aliphatic rings. The maximum absolute atomic E-state index is 6.19. The molecule has 0 fully saturated rings. The molecule has 0 spiro atoms. The summed E-state index contributed by atoms with van der Waals surface area (Å²) in [4.78, 5) is 8.93. The van der Waals surface area contributed by atoms with Crippen molar-refractivity contribution in [3.8, 4) is 0 Å². The van der Waals surface area contributed by atoms with Gasteiger partial charge in [0.15, 0.2) is 0 Å². The molecule has 1 unspecified atom stereocenters. The Morgan fingerprint density at radius 2 is 1.85 bits per heavy atom. The summed E-state index contributed by atoms with van der Waals surface area (Å²) >= 11 is 6.19. The average Bonchev–Trinajstić information content (AvgIpc) is 2.35. The molecule has 0 saturated carbocycles. The zero-order valence-corrected chi connectivity index (χ0v) is 14.2. The second-order valence-electron chi connectivity index (χ2n) is 6.02. The molecule has 20 heavy (non-hydrogen) atoms. The molecule has 0 aromatic carbocycles. The molecule has 4 heteroatoms. The Morgan fingerprint density at radius 3 is 2.45 bits per heavy atom. The van der Waals surface area contributed by atoms with Gasteiger partial charge in [-0.2, -0.15) is 0 Å². The molecule has 0 aliphatic carbocycles. The average molecular weight is 298 g/mol. The van der Waals surface area contributed by atoms with Crippen LogP contribution >= 0.6 is 11.6 Å². The van der Waals surface area contributed by atoms with Crippen molar-refractivity contribution in [3.05, 3.63) is 16.5 Å². The van der Waals surface area contributed by atoms with E-state index >= 15 is 0 Å². The van der Waals surface area contributed by atoms with E-state index in [4.69, 9.17) is 11.6 Å². The van der Waals surface area contributed by atoms with Crippen molar-refractivity contribution in [2.45, 2.75) is 72.8 Å². The summed E-state index contributed by atoms with van der Waals surface area (Å²) in [7, 11) is 0. The molecule has 0 radical (unpaired) electrons. The molecule has 0 aliphatic heterocycles. The first kappa shape index (κ1) is 17.2.